The van der Waals surface area contributed by atoms with Gasteiger partial charge in [0.05, 0.1) is 16.8 Å². The molecule has 2 N–H and O–H groups in total. The van der Waals surface area contributed by atoms with E-state index in [2.05, 4.69) is 15.6 Å². The van der Waals surface area contributed by atoms with Crippen molar-refractivity contribution in [3.05, 3.63) is 65.7 Å². The minimum Gasteiger partial charge on any atom is -0.452 e. The zero-order chi connectivity index (χ0) is 21.5. The fraction of sp³-hybridized carbons (Fsp3) is 0.217. The molecule has 1 aromatic heterocycles. The van der Waals surface area contributed by atoms with Crippen LogP contribution in [0.2, 0.25) is 0 Å². The van der Waals surface area contributed by atoms with Gasteiger partial charge in [0.15, 0.2) is 6.61 Å². The van der Waals surface area contributed by atoms with Crippen molar-refractivity contribution < 1.29 is 19.1 Å². The Hall–Kier alpha value is -3.74. The van der Waals surface area contributed by atoms with Gasteiger partial charge in [0.25, 0.3) is 5.91 Å². The van der Waals surface area contributed by atoms with Crippen LogP contribution in [-0.4, -0.2) is 36.0 Å². The summed E-state index contributed by atoms with van der Waals surface area (Å²) >= 11 is 0. The number of urea groups is 1. The average molecular weight is 405 g/mol. The van der Waals surface area contributed by atoms with E-state index in [-0.39, 0.29) is 0 Å². The summed E-state index contributed by atoms with van der Waals surface area (Å²) in [5.74, 6) is -1.36. The van der Waals surface area contributed by atoms with Gasteiger partial charge in [0.2, 0.25) is 0 Å². The van der Waals surface area contributed by atoms with Crippen LogP contribution in [0, 0.1) is 6.92 Å². The second-order valence-corrected chi connectivity index (χ2v) is 6.82. The van der Waals surface area contributed by atoms with Gasteiger partial charge in [-0.15, -0.1) is 0 Å². The van der Waals surface area contributed by atoms with Gasteiger partial charge in [0, 0.05) is 17.5 Å². The largest absolute Gasteiger partial charge is 0.452 e. The van der Waals surface area contributed by atoms with Crippen molar-refractivity contribution in [1.29, 1.82) is 0 Å². The molecule has 0 spiro atoms. The number of esters is 1. The minimum absolute atomic E-state index is 0.305. The molecule has 7 nitrogen and oxygen atoms in total. The zero-order valence-corrected chi connectivity index (χ0v) is 16.9. The summed E-state index contributed by atoms with van der Waals surface area (Å²) in [6.45, 7) is 3.78. The molecule has 0 bridgehead atoms. The van der Waals surface area contributed by atoms with Gasteiger partial charge in [0.1, 0.15) is 0 Å². The standard InChI is InChI=1S/C23H23N3O4/c1-3-12-24-23(29)26-21(27)14-30-22(28)18-13-20(16-10-8-15(2)9-11-16)25-19-7-5-4-6-17(18)19/h4-11,13H,3,12,14H2,1-2H3,(H2,24,26,27,29). The molecule has 2 aromatic carbocycles. The Kier molecular flexibility index (Phi) is 6.75. The lowest BCUT2D eigenvalue weighted by atomic mass is 10.0. The summed E-state index contributed by atoms with van der Waals surface area (Å²) < 4.78 is 5.15. The van der Waals surface area contributed by atoms with Gasteiger partial charge >= 0.3 is 12.0 Å². The van der Waals surface area contributed by atoms with Crippen LogP contribution in [-0.2, 0) is 9.53 Å². The number of ether oxygens (including phenoxy) is 1. The molecule has 154 valence electrons. The molecule has 1 heterocycles. The lowest BCUT2D eigenvalue weighted by Crippen LogP contribution is -2.41. The average Bonchev–Trinajstić information content (AvgIpc) is 2.75. The van der Waals surface area contributed by atoms with Crippen LogP contribution < -0.4 is 10.6 Å². The van der Waals surface area contributed by atoms with E-state index < -0.39 is 24.5 Å². The number of carbonyl (C=O) groups excluding carboxylic acids is 3. The number of fused-ring (bicyclic) bond motifs is 1. The summed E-state index contributed by atoms with van der Waals surface area (Å²) in [5, 5.41) is 5.26. The van der Waals surface area contributed by atoms with Crippen molar-refractivity contribution in [1.82, 2.24) is 15.6 Å². The van der Waals surface area contributed by atoms with Crippen molar-refractivity contribution in [2.24, 2.45) is 0 Å². The van der Waals surface area contributed by atoms with Crippen LogP contribution >= 0.6 is 0 Å². The van der Waals surface area contributed by atoms with Crippen LogP contribution in [0.25, 0.3) is 22.2 Å². The number of pyridine rings is 1. The predicted molar refractivity (Wildman–Crippen MR) is 114 cm³/mol. The van der Waals surface area contributed by atoms with Crippen molar-refractivity contribution in [2.45, 2.75) is 20.3 Å². The van der Waals surface area contributed by atoms with E-state index in [1.165, 1.54) is 0 Å². The highest BCUT2D eigenvalue weighted by atomic mass is 16.5. The first-order valence-corrected chi connectivity index (χ1v) is 9.69. The number of aromatic nitrogens is 1. The van der Waals surface area contributed by atoms with Crippen molar-refractivity contribution in [2.75, 3.05) is 13.2 Å². The number of amides is 3. The van der Waals surface area contributed by atoms with E-state index in [1.807, 2.05) is 50.2 Å². The van der Waals surface area contributed by atoms with Crippen LogP contribution in [0.5, 0.6) is 0 Å². The highest BCUT2D eigenvalue weighted by molar-refractivity contribution is 6.05. The Bertz CT molecular complexity index is 1080. The summed E-state index contributed by atoms with van der Waals surface area (Å²) in [4.78, 5) is 40.8. The van der Waals surface area contributed by atoms with E-state index in [9.17, 15) is 14.4 Å². The molecule has 7 heteroatoms. The van der Waals surface area contributed by atoms with Gasteiger partial charge < -0.3 is 10.1 Å². The number of nitrogens with zero attached hydrogens (tertiary/aromatic N) is 1. The highest BCUT2D eigenvalue weighted by Gasteiger charge is 2.17. The van der Waals surface area contributed by atoms with E-state index in [0.29, 0.717) is 28.7 Å². The predicted octanol–water partition coefficient (Wildman–Crippen LogP) is 3.60. The third-order valence-corrected chi connectivity index (χ3v) is 4.41. The zero-order valence-electron chi connectivity index (χ0n) is 16.9. The first-order chi connectivity index (χ1) is 14.5. The maximum atomic E-state index is 12.7. The molecule has 0 fully saturated rings. The highest BCUT2D eigenvalue weighted by Crippen LogP contribution is 2.25. The fourth-order valence-electron chi connectivity index (χ4n) is 2.87. The molecular formula is C23H23N3O4. The Balaban J connectivity index is 1.80. The fourth-order valence-corrected chi connectivity index (χ4v) is 2.87. The van der Waals surface area contributed by atoms with Gasteiger partial charge in [-0.1, -0.05) is 55.0 Å². The van der Waals surface area contributed by atoms with Crippen molar-refractivity contribution >= 4 is 28.8 Å². The molecule has 30 heavy (non-hydrogen) atoms. The third kappa shape index (κ3) is 5.20. The van der Waals surface area contributed by atoms with Gasteiger partial charge in [-0.2, -0.15) is 0 Å². The second kappa shape index (κ2) is 9.65. The maximum absolute atomic E-state index is 12.7. The Morgan fingerprint density at radius 1 is 1.03 bits per heavy atom. The van der Waals surface area contributed by atoms with Gasteiger partial charge in [-0.05, 0) is 25.5 Å². The number of para-hydroxylation sites is 1. The molecule has 3 rings (SSSR count). The number of carbonyl (C=O) groups is 3. The molecule has 0 atom stereocenters. The monoisotopic (exact) mass is 405 g/mol. The molecule has 0 saturated heterocycles. The number of imide groups is 1. The van der Waals surface area contributed by atoms with E-state index in [1.54, 1.807) is 18.2 Å². The van der Waals surface area contributed by atoms with Crippen molar-refractivity contribution in [3.63, 3.8) is 0 Å². The Labute approximate surface area is 174 Å². The summed E-state index contributed by atoms with van der Waals surface area (Å²) in [6.07, 6.45) is 0.745. The first-order valence-electron chi connectivity index (χ1n) is 9.69. The van der Waals surface area contributed by atoms with Gasteiger partial charge in [-0.25, -0.2) is 14.6 Å². The third-order valence-electron chi connectivity index (χ3n) is 4.41. The molecule has 0 radical (unpaired) electrons. The summed E-state index contributed by atoms with van der Waals surface area (Å²) in [6, 6.07) is 16.1. The minimum atomic E-state index is -0.700. The van der Waals surface area contributed by atoms with Crippen LogP contribution in [0.1, 0.15) is 29.3 Å². The maximum Gasteiger partial charge on any atom is 0.339 e. The summed E-state index contributed by atoms with van der Waals surface area (Å²) in [5.41, 5.74) is 3.56. The first kappa shape index (κ1) is 21.0. The van der Waals surface area contributed by atoms with Crippen LogP contribution in [0.4, 0.5) is 4.79 Å². The topological polar surface area (TPSA) is 97.4 Å². The number of hydrogen-bond acceptors (Lipinski definition) is 5. The summed E-state index contributed by atoms with van der Waals surface area (Å²) in [7, 11) is 0. The number of benzene rings is 2. The smallest absolute Gasteiger partial charge is 0.339 e. The normalized spacial score (nSPS) is 10.5. The van der Waals surface area contributed by atoms with E-state index in [0.717, 1.165) is 17.5 Å². The quantitative estimate of drug-likeness (QED) is 0.611. The molecule has 3 aromatic rings. The number of hydrogen-bond donors (Lipinski definition) is 2. The number of rotatable bonds is 6. The molecule has 0 aliphatic carbocycles. The lowest BCUT2D eigenvalue weighted by molar-refractivity contribution is -0.123. The van der Waals surface area contributed by atoms with Crippen LogP contribution in [0.3, 0.4) is 0 Å². The van der Waals surface area contributed by atoms with Gasteiger partial charge in [-0.3, -0.25) is 10.1 Å². The molecular weight excluding hydrogens is 382 g/mol. The Morgan fingerprint density at radius 2 is 1.77 bits per heavy atom. The lowest BCUT2D eigenvalue weighted by Gasteiger charge is -2.10. The number of aryl methyl sites for hydroxylation is 1. The van der Waals surface area contributed by atoms with E-state index >= 15 is 0 Å². The number of nitrogens with one attached hydrogen (secondary N) is 2. The van der Waals surface area contributed by atoms with Crippen molar-refractivity contribution in [3.8, 4) is 11.3 Å². The molecule has 3 amide bonds. The van der Waals surface area contributed by atoms with E-state index in [4.69, 9.17) is 4.74 Å². The SMILES string of the molecule is CCCNC(=O)NC(=O)COC(=O)c1cc(-c2ccc(C)cc2)nc2ccccc12. The molecule has 0 saturated carbocycles. The Morgan fingerprint density at radius 3 is 2.50 bits per heavy atom. The molecule has 0 aliphatic heterocycles. The van der Waals surface area contributed by atoms with Crippen LogP contribution in [0.15, 0.2) is 54.6 Å². The molecule has 0 unspecified atom stereocenters. The molecule has 0 aliphatic rings. The second-order valence-electron chi connectivity index (χ2n) is 6.82.